The summed E-state index contributed by atoms with van der Waals surface area (Å²) in [7, 11) is 0. The number of amides is 1. The van der Waals surface area contributed by atoms with Gasteiger partial charge in [-0.1, -0.05) is 0 Å². The maximum atomic E-state index is 14.4. The van der Waals surface area contributed by atoms with Gasteiger partial charge in [-0.2, -0.15) is 0 Å². The van der Waals surface area contributed by atoms with Gasteiger partial charge in [0.1, 0.15) is 12.2 Å². The van der Waals surface area contributed by atoms with Gasteiger partial charge in [0.05, 0.1) is 5.69 Å². The molecule has 1 amide bonds. The van der Waals surface area contributed by atoms with Crippen molar-refractivity contribution in [2.75, 3.05) is 6.54 Å². The van der Waals surface area contributed by atoms with Gasteiger partial charge in [0, 0.05) is 13.1 Å². The second kappa shape index (κ2) is 6.97. The Bertz CT molecular complexity index is 810. The van der Waals surface area contributed by atoms with E-state index in [0.717, 1.165) is 16.8 Å². The number of benzene rings is 1. The summed E-state index contributed by atoms with van der Waals surface area (Å²) < 4.78 is 30.5. The molecule has 2 aromatic rings. The number of oxazole rings is 1. The van der Waals surface area contributed by atoms with E-state index in [1.165, 1.54) is 12.5 Å². The topological polar surface area (TPSA) is 64.8 Å². The highest BCUT2D eigenvalue weighted by atomic mass is 19.1. The summed E-state index contributed by atoms with van der Waals surface area (Å²) in [6.07, 6.45) is 1.57. The Morgan fingerprint density at radius 2 is 2.12 bits per heavy atom. The standard InChI is InChI=1S/C19H23FN2O4/c1-12-17(25-11-21-12)10-24-16-8-13-5-6-22(9-14(13)7-15(16)20)18(23)26-19(2,3)4/h7-8,11H,5-6,9-10H2,1-4H3. The van der Waals surface area contributed by atoms with Crippen molar-refractivity contribution >= 4 is 6.09 Å². The van der Waals surface area contributed by atoms with Gasteiger partial charge in [-0.05, 0) is 57.4 Å². The van der Waals surface area contributed by atoms with Crippen LogP contribution in [0.4, 0.5) is 9.18 Å². The fraction of sp³-hybridized carbons (Fsp3) is 0.474. The molecule has 0 saturated heterocycles. The Morgan fingerprint density at radius 1 is 1.35 bits per heavy atom. The van der Waals surface area contributed by atoms with E-state index in [-0.39, 0.29) is 18.4 Å². The van der Waals surface area contributed by atoms with Crippen molar-refractivity contribution in [2.45, 2.75) is 52.9 Å². The lowest BCUT2D eigenvalue weighted by Gasteiger charge is -2.31. The zero-order valence-corrected chi connectivity index (χ0v) is 15.5. The molecule has 0 atom stereocenters. The highest BCUT2D eigenvalue weighted by Crippen LogP contribution is 2.28. The van der Waals surface area contributed by atoms with Crippen LogP contribution in [0.15, 0.2) is 22.9 Å². The maximum Gasteiger partial charge on any atom is 0.410 e. The first kappa shape index (κ1) is 18.2. The van der Waals surface area contributed by atoms with Crippen molar-refractivity contribution in [1.82, 2.24) is 9.88 Å². The molecular weight excluding hydrogens is 339 g/mol. The molecule has 1 aromatic carbocycles. The van der Waals surface area contributed by atoms with Crippen LogP contribution in [0, 0.1) is 12.7 Å². The molecule has 0 unspecified atom stereocenters. The molecule has 0 aliphatic carbocycles. The number of hydrogen-bond acceptors (Lipinski definition) is 5. The molecular formula is C19H23FN2O4. The van der Waals surface area contributed by atoms with E-state index >= 15 is 0 Å². The second-order valence-electron chi connectivity index (χ2n) is 7.35. The second-order valence-corrected chi connectivity index (χ2v) is 7.35. The Labute approximate surface area is 151 Å². The van der Waals surface area contributed by atoms with Gasteiger partial charge < -0.3 is 18.8 Å². The van der Waals surface area contributed by atoms with Gasteiger partial charge in [-0.15, -0.1) is 0 Å². The Hall–Kier alpha value is -2.57. The third-order valence-corrected chi connectivity index (χ3v) is 4.12. The lowest BCUT2D eigenvalue weighted by molar-refractivity contribution is 0.0223. The van der Waals surface area contributed by atoms with Crippen LogP contribution in [0.2, 0.25) is 0 Å². The largest absolute Gasteiger partial charge is 0.482 e. The molecule has 6 nitrogen and oxygen atoms in total. The summed E-state index contributed by atoms with van der Waals surface area (Å²) in [5.41, 5.74) is 1.90. The number of carbonyl (C=O) groups excluding carboxylic acids is 1. The van der Waals surface area contributed by atoms with Crippen molar-refractivity contribution < 1.29 is 23.1 Å². The predicted octanol–water partition coefficient (Wildman–Crippen LogP) is 3.99. The first-order valence-corrected chi connectivity index (χ1v) is 8.54. The summed E-state index contributed by atoms with van der Waals surface area (Å²) in [5.74, 6) is 0.274. The minimum Gasteiger partial charge on any atom is -0.482 e. The average Bonchev–Trinajstić information content (AvgIpc) is 2.96. The number of ether oxygens (including phenoxy) is 2. The van der Waals surface area contributed by atoms with Crippen LogP contribution < -0.4 is 4.74 Å². The van der Waals surface area contributed by atoms with E-state index in [4.69, 9.17) is 13.9 Å². The molecule has 0 N–H and O–H groups in total. The third-order valence-electron chi connectivity index (χ3n) is 4.12. The van der Waals surface area contributed by atoms with Crippen LogP contribution in [0.5, 0.6) is 5.75 Å². The summed E-state index contributed by atoms with van der Waals surface area (Å²) in [5, 5.41) is 0. The summed E-state index contributed by atoms with van der Waals surface area (Å²) in [6.45, 7) is 8.23. The smallest absolute Gasteiger partial charge is 0.410 e. The molecule has 1 aromatic heterocycles. The van der Waals surface area contributed by atoms with Crippen molar-refractivity contribution in [2.24, 2.45) is 0 Å². The number of halogens is 1. The van der Waals surface area contributed by atoms with Gasteiger partial charge >= 0.3 is 6.09 Å². The van der Waals surface area contributed by atoms with Crippen molar-refractivity contribution in [1.29, 1.82) is 0 Å². The third kappa shape index (κ3) is 4.15. The number of hydrogen-bond donors (Lipinski definition) is 0. The minimum atomic E-state index is -0.556. The molecule has 1 aliphatic heterocycles. The number of aromatic nitrogens is 1. The summed E-state index contributed by atoms with van der Waals surface area (Å²) in [6, 6.07) is 3.12. The highest BCUT2D eigenvalue weighted by Gasteiger charge is 2.26. The van der Waals surface area contributed by atoms with E-state index in [9.17, 15) is 9.18 Å². The molecule has 7 heteroatoms. The Morgan fingerprint density at radius 3 is 2.77 bits per heavy atom. The molecule has 0 bridgehead atoms. The number of fused-ring (bicyclic) bond motifs is 1. The molecule has 0 fully saturated rings. The van der Waals surface area contributed by atoms with Gasteiger partial charge in [0.15, 0.2) is 23.7 Å². The van der Waals surface area contributed by atoms with Crippen LogP contribution in [-0.2, 0) is 24.3 Å². The molecule has 3 rings (SSSR count). The summed E-state index contributed by atoms with van der Waals surface area (Å²) >= 11 is 0. The fourth-order valence-corrected chi connectivity index (χ4v) is 2.76. The Balaban J connectivity index is 1.70. The number of carbonyl (C=O) groups is 1. The summed E-state index contributed by atoms with van der Waals surface area (Å²) in [4.78, 5) is 17.8. The maximum absolute atomic E-state index is 14.4. The zero-order valence-electron chi connectivity index (χ0n) is 15.5. The monoisotopic (exact) mass is 362 g/mol. The normalized spacial score (nSPS) is 14.1. The van der Waals surface area contributed by atoms with Gasteiger partial charge in [-0.25, -0.2) is 14.2 Å². The number of aryl methyl sites for hydroxylation is 1. The molecule has 1 aliphatic rings. The van der Waals surface area contributed by atoms with Gasteiger partial charge in [0.2, 0.25) is 0 Å². The van der Waals surface area contributed by atoms with E-state index in [0.29, 0.717) is 25.3 Å². The average molecular weight is 362 g/mol. The van der Waals surface area contributed by atoms with E-state index in [1.807, 2.05) is 20.8 Å². The molecule has 0 saturated carbocycles. The fourth-order valence-electron chi connectivity index (χ4n) is 2.76. The number of nitrogens with zero attached hydrogens (tertiary/aromatic N) is 2. The SMILES string of the molecule is Cc1ncoc1COc1cc2c(cc1F)CN(C(=O)OC(C)(C)C)CC2. The molecule has 0 spiro atoms. The first-order valence-electron chi connectivity index (χ1n) is 8.54. The van der Waals surface area contributed by atoms with E-state index in [1.54, 1.807) is 17.9 Å². The lowest BCUT2D eigenvalue weighted by atomic mass is 9.99. The van der Waals surface area contributed by atoms with E-state index in [2.05, 4.69) is 4.98 Å². The molecule has 26 heavy (non-hydrogen) atoms. The first-order chi connectivity index (χ1) is 12.2. The Kier molecular flexibility index (Phi) is 4.89. The van der Waals surface area contributed by atoms with Crippen LogP contribution in [0.1, 0.15) is 43.4 Å². The van der Waals surface area contributed by atoms with Crippen LogP contribution in [-0.4, -0.2) is 28.1 Å². The van der Waals surface area contributed by atoms with Crippen molar-refractivity contribution in [3.05, 3.63) is 46.9 Å². The molecule has 2 heterocycles. The van der Waals surface area contributed by atoms with Crippen LogP contribution in [0.25, 0.3) is 0 Å². The minimum absolute atomic E-state index is 0.117. The van der Waals surface area contributed by atoms with Crippen molar-refractivity contribution in [3.8, 4) is 5.75 Å². The van der Waals surface area contributed by atoms with E-state index < -0.39 is 11.4 Å². The molecule has 0 radical (unpaired) electrons. The predicted molar refractivity (Wildman–Crippen MR) is 92.3 cm³/mol. The number of rotatable bonds is 3. The lowest BCUT2D eigenvalue weighted by Crippen LogP contribution is -2.39. The quantitative estimate of drug-likeness (QED) is 0.826. The zero-order chi connectivity index (χ0) is 18.9. The molecule has 140 valence electrons. The van der Waals surface area contributed by atoms with Crippen molar-refractivity contribution in [3.63, 3.8) is 0 Å². The van der Waals surface area contributed by atoms with Gasteiger partial charge in [-0.3, -0.25) is 0 Å². The van der Waals surface area contributed by atoms with Crippen LogP contribution >= 0.6 is 0 Å². The highest BCUT2D eigenvalue weighted by molar-refractivity contribution is 5.68. The van der Waals surface area contributed by atoms with Crippen LogP contribution in [0.3, 0.4) is 0 Å². The van der Waals surface area contributed by atoms with Gasteiger partial charge in [0.25, 0.3) is 0 Å².